The van der Waals surface area contributed by atoms with Crippen LogP contribution in [-0.4, -0.2) is 35.5 Å². The van der Waals surface area contributed by atoms with Crippen molar-refractivity contribution in [2.45, 2.75) is 71.0 Å². The average Bonchev–Trinajstić information content (AvgIpc) is 2.60. The first-order chi connectivity index (χ1) is 11.7. The van der Waals surface area contributed by atoms with Crippen molar-refractivity contribution >= 4 is 5.97 Å². The molecule has 5 aliphatic carbocycles. The highest BCUT2D eigenvalue weighted by molar-refractivity contribution is 5.77. The summed E-state index contributed by atoms with van der Waals surface area (Å²) in [6.07, 6.45) is 5.18. The van der Waals surface area contributed by atoms with Crippen molar-refractivity contribution in [3.05, 3.63) is 12.2 Å². The summed E-state index contributed by atoms with van der Waals surface area (Å²) in [5.74, 6) is 0.567. The van der Waals surface area contributed by atoms with Gasteiger partial charge in [-0.1, -0.05) is 19.9 Å². The third-order valence-electron chi connectivity index (χ3n) is 8.98. The summed E-state index contributed by atoms with van der Waals surface area (Å²) in [5, 5.41) is 22.3. The Kier molecular flexibility index (Phi) is 3.73. The highest BCUT2D eigenvalue weighted by atomic mass is 16.5. The van der Waals surface area contributed by atoms with Crippen molar-refractivity contribution in [2.75, 3.05) is 7.11 Å². The van der Waals surface area contributed by atoms with Crippen molar-refractivity contribution < 1.29 is 19.7 Å². The minimum absolute atomic E-state index is 0.0409. The standard InChI is InChI=1S/C21H32O4/c1-12-13-6-9-21(17(12)23)15(10-13)19(2)7-5-8-20(3,18(24)25-4)14(19)11-16(21)22/h13-17,22-23H,1,5-11H2,2-4H3. The molecule has 8 unspecified atom stereocenters. The van der Waals surface area contributed by atoms with Crippen LogP contribution < -0.4 is 0 Å². The lowest BCUT2D eigenvalue weighted by atomic mass is 9.35. The molecule has 0 aliphatic heterocycles. The molecule has 5 rings (SSSR count). The Labute approximate surface area is 150 Å². The monoisotopic (exact) mass is 348 g/mol. The number of rotatable bonds is 1. The largest absolute Gasteiger partial charge is 0.469 e. The van der Waals surface area contributed by atoms with Crippen LogP contribution in [0.2, 0.25) is 0 Å². The number of ether oxygens (including phenoxy) is 1. The van der Waals surface area contributed by atoms with Gasteiger partial charge in [-0.15, -0.1) is 0 Å². The minimum atomic E-state index is -0.607. The lowest BCUT2D eigenvalue weighted by Crippen LogP contribution is -2.69. The van der Waals surface area contributed by atoms with E-state index in [1.54, 1.807) is 0 Å². The maximum absolute atomic E-state index is 12.7. The van der Waals surface area contributed by atoms with Gasteiger partial charge < -0.3 is 14.9 Å². The Bertz CT molecular complexity index is 615. The summed E-state index contributed by atoms with van der Waals surface area (Å²) in [6, 6.07) is 0. The van der Waals surface area contributed by atoms with Gasteiger partial charge in [0.25, 0.3) is 0 Å². The quantitative estimate of drug-likeness (QED) is 0.564. The van der Waals surface area contributed by atoms with Crippen molar-refractivity contribution in [3.63, 3.8) is 0 Å². The first-order valence-corrected chi connectivity index (χ1v) is 9.85. The third-order valence-corrected chi connectivity index (χ3v) is 8.98. The molecule has 5 saturated carbocycles. The van der Waals surface area contributed by atoms with Crippen LogP contribution in [0.1, 0.15) is 58.8 Å². The molecule has 140 valence electrons. The van der Waals surface area contributed by atoms with Crippen LogP contribution in [0, 0.1) is 34.0 Å². The number of aliphatic hydroxyl groups excluding tert-OH is 2. The summed E-state index contributed by atoms with van der Waals surface area (Å²) in [5.41, 5.74) is -0.120. The number of hydrogen-bond acceptors (Lipinski definition) is 4. The molecule has 0 aromatic carbocycles. The Balaban J connectivity index is 1.81. The van der Waals surface area contributed by atoms with Crippen LogP contribution >= 0.6 is 0 Å². The molecule has 1 spiro atoms. The molecule has 25 heavy (non-hydrogen) atoms. The molecular weight excluding hydrogens is 316 g/mol. The molecule has 2 bridgehead atoms. The molecule has 4 heteroatoms. The maximum atomic E-state index is 12.7. The van der Waals surface area contributed by atoms with Gasteiger partial charge in [-0.05, 0) is 74.2 Å². The van der Waals surface area contributed by atoms with Gasteiger partial charge in [0, 0.05) is 5.41 Å². The molecule has 0 heterocycles. The topological polar surface area (TPSA) is 66.8 Å². The molecule has 2 N–H and O–H groups in total. The summed E-state index contributed by atoms with van der Waals surface area (Å²) in [6.45, 7) is 8.50. The number of fused-ring (bicyclic) bond motifs is 3. The summed E-state index contributed by atoms with van der Waals surface area (Å²) >= 11 is 0. The first kappa shape index (κ1) is 17.5. The van der Waals surface area contributed by atoms with E-state index in [2.05, 4.69) is 13.5 Å². The molecule has 4 nitrogen and oxygen atoms in total. The minimum Gasteiger partial charge on any atom is -0.469 e. The summed E-state index contributed by atoms with van der Waals surface area (Å²) in [4.78, 5) is 12.7. The highest BCUT2D eigenvalue weighted by Gasteiger charge is 2.70. The van der Waals surface area contributed by atoms with E-state index in [1.165, 1.54) is 7.11 Å². The van der Waals surface area contributed by atoms with E-state index in [-0.39, 0.29) is 23.2 Å². The second-order valence-electron chi connectivity index (χ2n) is 9.69. The van der Waals surface area contributed by atoms with E-state index in [4.69, 9.17) is 4.74 Å². The predicted molar refractivity (Wildman–Crippen MR) is 94.6 cm³/mol. The van der Waals surface area contributed by atoms with Crippen molar-refractivity contribution in [3.8, 4) is 0 Å². The molecule has 0 aromatic heterocycles. The molecule has 0 saturated heterocycles. The summed E-state index contributed by atoms with van der Waals surface area (Å²) < 4.78 is 5.17. The molecule has 0 radical (unpaired) electrons. The van der Waals surface area contributed by atoms with Crippen LogP contribution in [0.5, 0.6) is 0 Å². The number of carbonyl (C=O) groups excluding carboxylic acids is 1. The smallest absolute Gasteiger partial charge is 0.311 e. The van der Waals surface area contributed by atoms with Gasteiger partial charge in [0.1, 0.15) is 0 Å². The second kappa shape index (κ2) is 5.32. The van der Waals surface area contributed by atoms with Gasteiger partial charge in [-0.2, -0.15) is 0 Å². The zero-order chi connectivity index (χ0) is 18.2. The second-order valence-corrected chi connectivity index (χ2v) is 9.69. The number of aliphatic hydroxyl groups is 2. The van der Waals surface area contributed by atoms with E-state index < -0.39 is 23.0 Å². The molecule has 0 aromatic rings. The lowest BCUT2D eigenvalue weighted by molar-refractivity contribution is -0.252. The number of carbonyl (C=O) groups is 1. The average molecular weight is 348 g/mol. The third kappa shape index (κ3) is 1.93. The van der Waals surface area contributed by atoms with E-state index in [9.17, 15) is 15.0 Å². The predicted octanol–water partition coefficient (Wildman–Crippen LogP) is 3.07. The van der Waals surface area contributed by atoms with Gasteiger partial charge >= 0.3 is 5.97 Å². The van der Waals surface area contributed by atoms with Crippen LogP contribution in [-0.2, 0) is 9.53 Å². The fraction of sp³-hybridized carbons (Fsp3) is 0.857. The zero-order valence-electron chi connectivity index (χ0n) is 15.8. The van der Waals surface area contributed by atoms with Crippen LogP contribution in [0.15, 0.2) is 12.2 Å². The molecule has 8 atom stereocenters. The molecule has 5 fully saturated rings. The van der Waals surface area contributed by atoms with Gasteiger partial charge in [-0.25, -0.2) is 0 Å². The van der Waals surface area contributed by atoms with E-state index in [0.717, 1.165) is 44.1 Å². The SMILES string of the molecule is C=C1C2CCC3(C(O)CC4C(C)(C(=O)OC)CCCC4(C)C3C2)C1O. The Hall–Kier alpha value is -0.870. The van der Waals surface area contributed by atoms with Crippen LogP contribution in [0.25, 0.3) is 0 Å². The Morgan fingerprint density at radius 3 is 2.56 bits per heavy atom. The van der Waals surface area contributed by atoms with Gasteiger partial charge in [0.05, 0.1) is 24.7 Å². The van der Waals surface area contributed by atoms with Gasteiger partial charge in [0.2, 0.25) is 0 Å². The number of esters is 1. The van der Waals surface area contributed by atoms with Gasteiger partial charge in [-0.3, -0.25) is 4.79 Å². The fourth-order valence-electron chi connectivity index (χ4n) is 7.70. The zero-order valence-corrected chi connectivity index (χ0v) is 15.8. The van der Waals surface area contributed by atoms with E-state index in [0.29, 0.717) is 12.3 Å². The molecule has 0 amide bonds. The van der Waals surface area contributed by atoms with Crippen molar-refractivity contribution in [1.29, 1.82) is 0 Å². The molecule has 5 aliphatic rings. The van der Waals surface area contributed by atoms with E-state index in [1.807, 2.05) is 6.92 Å². The number of hydrogen-bond donors (Lipinski definition) is 2. The highest BCUT2D eigenvalue weighted by Crippen LogP contribution is 2.72. The first-order valence-electron chi connectivity index (χ1n) is 9.85. The van der Waals surface area contributed by atoms with Crippen molar-refractivity contribution in [2.24, 2.45) is 34.0 Å². The lowest BCUT2D eigenvalue weighted by Gasteiger charge is -2.70. The summed E-state index contributed by atoms with van der Waals surface area (Å²) in [7, 11) is 1.47. The maximum Gasteiger partial charge on any atom is 0.311 e. The Morgan fingerprint density at radius 2 is 1.88 bits per heavy atom. The van der Waals surface area contributed by atoms with Gasteiger partial charge in [0.15, 0.2) is 0 Å². The number of methoxy groups -OCH3 is 1. The molecular formula is C21H32O4. The van der Waals surface area contributed by atoms with E-state index >= 15 is 0 Å². The fourth-order valence-corrected chi connectivity index (χ4v) is 7.70. The van der Waals surface area contributed by atoms with Crippen LogP contribution in [0.3, 0.4) is 0 Å². The van der Waals surface area contributed by atoms with Crippen LogP contribution in [0.4, 0.5) is 0 Å². The van der Waals surface area contributed by atoms with Crippen molar-refractivity contribution in [1.82, 2.24) is 0 Å². The Morgan fingerprint density at radius 1 is 1.16 bits per heavy atom. The normalized spacial score (nSPS) is 54.6.